The van der Waals surface area contributed by atoms with E-state index < -0.39 is 0 Å². The number of aryl methyl sites for hydroxylation is 1. The van der Waals surface area contributed by atoms with Gasteiger partial charge in [0, 0.05) is 42.8 Å². The van der Waals surface area contributed by atoms with Gasteiger partial charge in [-0.1, -0.05) is 26.2 Å². The van der Waals surface area contributed by atoms with E-state index in [9.17, 15) is 15.0 Å². The van der Waals surface area contributed by atoms with E-state index in [2.05, 4.69) is 17.2 Å². The Labute approximate surface area is 154 Å². The third kappa shape index (κ3) is 6.93. The van der Waals surface area contributed by atoms with Crippen LogP contribution < -0.4 is 5.32 Å². The summed E-state index contributed by atoms with van der Waals surface area (Å²) in [7, 11) is 1.60. The highest BCUT2D eigenvalue weighted by molar-refractivity contribution is 5.93. The van der Waals surface area contributed by atoms with Crippen LogP contribution in [0.5, 0.6) is 11.5 Å². The summed E-state index contributed by atoms with van der Waals surface area (Å²) in [6, 6.07) is 6.33. The topological polar surface area (TPSA) is 106 Å². The van der Waals surface area contributed by atoms with Crippen molar-refractivity contribution < 1.29 is 15.0 Å². The van der Waals surface area contributed by atoms with Gasteiger partial charge in [0.25, 0.3) is 5.91 Å². The van der Waals surface area contributed by atoms with Gasteiger partial charge in [-0.25, -0.2) is 0 Å². The molecule has 0 saturated carbocycles. The first-order valence-electron chi connectivity index (χ1n) is 8.70. The van der Waals surface area contributed by atoms with Crippen LogP contribution in [-0.2, 0) is 6.42 Å². The molecule has 0 aliphatic heterocycles. The molecular formula is C20H27N3O3. The maximum atomic E-state index is 10.9. The molecule has 1 amide bonds. The third-order valence-electron chi connectivity index (χ3n) is 3.85. The molecule has 1 aromatic carbocycles. The molecule has 1 heterocycles. The van der Waals surface area contributed by atoms with Crippen LogP contribution in [0.15, 0.2) is 36.7 Å². The first kappa shape index (κ1) is 21.2. The van der Waals surface area contributed by atoms with Gasteiger partial charge in [0.15, 0.2) is 0 Å². The Morgan fingerprint density at radius 3 is 2.42 bits per heavy atom. The number of nitrogens with one attached hydrogen (secondary N) is 2. The Morgan fingerprint density at radius 1 is 1.15 bits per heavy atom. The lowest BCUT2D eigenvalue weighted by molar-refractivity contribution is 0.0963. The van der Waals surface area contributed by atoms with E-state index in [1.54, 1.807) is 37.6 Å². The lowest BCUT2D eigenvalue weighted by atomic mass is 10.0. The maximum Gasteiger partial charge on any atom is 0.251 e. The summed E-state index contributed by atoms with van der Waals surface area (Å²) in [5.74, 6) is 0.00630. The standard InChI is InChI=1S/C13H19NO2.C7H8N2O/c1-2-3-4-5-6-10-7-11(9-14)13(16)8-12(10)15;1-8-7(10)6-2-4-9-5-3-6/h7-9,14-16H,2-6H2,1H3;2-5H,1H3,(H,8,10). The number of unbranched alkanes of at least 4 members (excludes halogenated alkanes) is 3. The van der Waals surface area contributed by atoms with E-state index in [4.69, 9.17) is 5.41 Å². The van der Waals surface area contributed by atoms with Crippen LogP contribution in [0.2, 0.25) is 0 Å². The molecule has 26 heavy (non-hydrogen) atoms. The van der Waals surface area contributed by atoms with Crippen LogP contribution in [0.1, 0.15) is 54.1 Å². The minimum absolute atomic E-state index is 0.0372. The monoisotopic (exact) mass is 357 g/mol. The summed E-state index contributed by atoms with van der Waals surface area (Å²) < 4.78 is 0. The van der Waals surface area contributed by atoms with Crippen LogP contribution in [0.3, 0.4) is 0 Å². The average Bonchev–Trinajstić information content (AvgIpc) is 2.67. The van der Waals surface area contributed by atoms with Gasteiger partial charge >= 0.3 is 0 Å². The third-order valence-corrected chi connectivity index (χ3v) is 3.85. The number of nitrogens with zero attached hydrogens (tertiary/aromatic N) is 1. The molecule has 140 valence electrons. The zero-order valence-corrected chi connectivity index (χ0v) is 15.3. The first-order valence-corrected chi connectivity index (χ1v) is 8.70. The number of hydrogen-bond acceptors (Lipinski definition) is 5. The van der Waals surface area contributed by atoms with Crippen molar-refractivity contribution in [2.45, 2.75) is 39.0 Å². The highest BCUT2D eigenvalue weighted by atomic mass is 16.3. The Morgan fingerprint density at radius 2 is 1.85 bits per heavy atom. The van der Waals surface area contributed by atoms with Gasteiger partial charge in [-0.05, 0) is 36.6 Å². The number of phenolic OH excluding ortho intramolecular Hbond substituents is 2. The second kappa shape index (κ2) is 11.6. The summed E-state index contributed by atoms with van der Waals surface area (Å²) in [5, 5.41) is 28.7. The predicted octanol–water partition coefficient (Wildman–Crippen LogP) is 3.66. The molecule has 0 saturated heterocycles. The second-order valence-electron chi connectivity index (χ2n) is 5.81. The molecule has 1 aromatic heterocycles. The van der Waals surface area contributed by atoms with Gasteiger partial charge in [0.05, 0.1) is 0 Å². The SMILES string of the molecule is CCCCCCc1cc(C=N)c(O)cc1O.CNC(=O)c1ccncc1. The van der Waals surface area contributed by atoms with Crippen molar-refractivity contribution >= 4 is 12.1 Å². The van der Waals surface area contributed by atoms with Crippen LogP contribution in [0, 0.1) is 5.41 Å². The second-order valence-corrected chi connectivity index (χ2v) is 5.81. The Kier molecular flexibility index (Phi) is 9.46. The van der Waals surface area contributed by atoms with Crippen LogP contribution in [0.4, 0.5) is 0 Å². The van der Waals surface area contributed by atoms with E-state index in [0.29, 0.717) is 11.1 Å². The average molecular weight is 357 g/mol. The number of aromatic hydroxyl groups is 2. The number of pyridine rings is 1. The van der Waals surface area contributed by atoms with E-state index in [1.165, 1.54) is 18.9 Å². The van der Waals surface area contributed by atoms with Crippen molar-refractivity contribution in [3.05, 3.63) is 53.3 Å². The largest absolute Gasteiger partial charge is 0.508 e. The summed E-state index contributed by atoms with van der Waals surface area (Å²) in [6.07, 6.45) is 9.65. The summed E-state index contributed by atoms with van der Waals surface area (Å²) in [6.45, 7) is 2.16. The molecule has 0 spiro atoms. The molecule has 0 radical (unpaired) electrons. The molecule has 0 aliphatic rings. The normalized spacial score (nSPS) is 9.77. The minimum atomic E-state index is -0.0811. The molecule has 0 unspecified atom stereocenters. The quantitative estimate of drug-likeness (QED) is 0.448. The van der Waals surface area contributed by atoms with Gasteiger partial charge < -0.3 is 20.9 Å². The van der Waals surface area contributed by atoms with Gasteiger partial charge in [-0.2, -0.15) is 0 Å². The van der Waals surface area contributed by atoms with Gasteiger partial charge in [-0.3, -0.25) is 9.78 Å². The zero-order chi connectivity index (χ0) is 19.4. The minimum Gasteiger partial charge on any atom is -0.508 e. The lowest BCUT2D eigenvalue weighted by Crippen LogP contribution is -2.17. The fourth-order valence-electron chi connectivity index (χ4n) is 2.35. The maximum absolute atomic E-state index is 10.9. The predicted molar refractivity (Wildman–Crippen MR) is 103 cm³/mol. The fourth-order valence-corrected chi connectivity index (χ4v) is 2.35. The molecular weight excluding hydrogens is 330 g/mol. The van der Waals surface area contributed by atoms with E-state index in [1.807, 2.05) is 0 Å². The molecule has 4 N–H and O–H groups in total. The zero-order valence-electron chi connectivity index (χ0n) is 15.3. The summed E-state index contributed by atoms with van der Waals surface area (Å²) >= 11 is 0. The molecule has 0 atom stereocenters. The number of carbonyl (C=O) groups excluding carboxylic acids is 1. The highest BCUT2D eigenvalue weighted by Crippen LogP contribution is 2.27. The molecule has 0 bridgehead atoms. The van der Waals surface area contributed by atoms with Crippen LogP contribution in [-0.4, -0.2) is 34.4 Å². The number of hydrogen-bond donors (Lipinski definition) is 4. The number of benzene rings is 1. The highest BCUT2D eigenvalue weighted by Gasteiger charge is 2.06. The summed E-state index contributed by atoms with van der Waals surface area (Å²) in [5.41, 5.74) is 1.91. The smallest absolute Gasteiger partial charge is 0.251 e. The van der Waals surface area contributed by atoms with Crippen molar-refractivity contribution in [2.24, 2.45) is 0 Å². The Hall–Kier alpha value is -2.89. The lowest BCUT2D eigenvalue weighted by Gasteiger charge is -2.07. The molecule has 2 aromatic rings. The van der Waals surface area contributed by atoms with Crippen LogP contribution in [0.25, 0.3) is 0 Å². The van der Waals surface area contributed by atoms with Crippen molar-refractivity contribution in [3.8, 4) is 11.5 Å². The Bertz CT molecular complexity index is 703. The van der Waals surface area contributed by atoms with Gasteiger partial charge in [-0.15, -0.1) is 0 Å². The van der Waals surface area contributed by atoms with Gasteiger partial charge in [0.2, 0.25) is 0 Å². The number of phenols is 2. The van der Waals surface area contributed by atoms with Crippen molar-refractivity contribution in [3.63, 3.8) is 0 Å². The van der Waals surface area contributed by atoms with Crippen molar-refractivity contribution in [2.75, 3.05) is 7.05 Å². The van der Waals surface area contributed by atoms with E-state index in [-0.39, 0.29) is 17.4 Å². The fraction of sp³-hybridized carbons (Fsp3) is 0.350. The molecule has 0 fully saturated rings. The number of amides is 1. The molecule has 6 nitrogen and oxygen atoms in total. The van der Waals surface area contributed by atoms with Crippen molar-refractivity contribution in [1.82, 2.24) is 10.3 Å². The summed E-state index contributed by atoms with van der Waals surface area (Å²) in [4.78, 5) is 14.7. The number of carbonyl (C=O) groups is 1. The number of rotatable bonds is 7. The Balaban J connectivity index is 0.000000289. The molecule has 2 rings (SSSR count). The first-order chi connectivity index (χ1) is 12.5. The van der Waals surface area contributed by atoms with Crippen LogP contribution >= 0.6 is 0 Å². The van der Waals surface area contributed by atoms with Gasteiger partial charge in [0.1, 0.15) is 11.5 Å². The van der Waals surface area contributed by atoms with E-state index in [0.717, 1.165) is 31.0 Å². The molecule has 6 heteroatoms. The molecule has 0 aliphatic carbocycles. The van der Waals surface area contributed by atoms with E-state index >= 15 is 0 Å². The van der Waals surface area contributed by atoms with Crippen molar-refractivity contribution in [1.29, 1.82) is 5.41 Å². The number of aromatic nitrogens is 1.